The van der Waals surface area contributed by atoms with E-state index in [2.05, 4.69) is 0 Å². The zero-order valence-corrected chi connectivity index (χ0v) is 10.3. The van der Waals surface area contributed by atoms with Gasteiger partial charge in [0.25, 0.3) is 5.56 Å². The van der Waals surface area contributed by atoms with Gasteiger partial charge >= 0.3 is 0 Å². The summed E-state index contributed by atoms with van der Waals surface area (Å²) in [7, 11) is 1.55. The Hall–Kier alpha value is -2.25. The number of rotatable bonds is 2. The van der Waals surface area contributed by atoms with E-state index >= 15 is 0 Å². The molecule has 0 bridgehead atoms. The number of nitrogens with zero attached hydrogens (tertiary/aromatic N) is 2. The summed E-state index contributed by atoms with van der Waals surface area (Å²) in [5.41, 5.74) is 0.104. The Morgan fingerprint density at radius 3 is 2.83 bits per heavy atom. The number of pyridine rings is 1. The van der Waals surface area contributed by atoms with Crippen LogP contribution in [0.4, 0.5) is 0 Å². The van der Waals surface area contributed by atoms with Crippen molar-refractivity contribution in [3.8, 4) is 17.5 Å². The average molecular weight is 261 g/mol. The lowest BCUT2D eigenvalue weighted by molar-refractivity contribution is 0.414. The number of aromatic nitrogens is 1. The molecule has 2 aromatic rings. The predicted molar refractivity (Wildman–Crippen MR) is 68.3 cm³/mol. The Balaban J connectivity index is 2.65. The molecule has 1 aromatic heterocycles. The van der Waals surface area contributed by atoms with Crippen molar-refractivity contribution in [3.05, 3.63) is 57.5 Å². The third-order valence-corrected chi connectivity index (χ3v) is 2.80. The van der Waals surface area contributed by atoms with Crippen molar-refractivity contribution >= 4 is 11.6 Å². The first-order valence-corrected chi connectivity index (χ1v) is 5.51. The lowest BCUT2D eigenvalue weighted by Crippen LogP contribution is -2.20. The standard InChI is InChI=1S/C13H9ClN2O2/c1-18-10-4-2-3-9(7-10)16-6-5-12(14)11(8-15)13(16)17/h2-7H,1H3. The number of ether oxygens (including phenoxy) is 1. The summed E-state index contributed by atoms with van der Waals surface area (Å²) in [5.74, 6) is 0.632. The van der Waals surface area contributed by atoms with Crippen molar-refractivity contribution in [3.63, 3.8) is 0 Å². The Kier molecular flexibility index (Phi) is 3.35. The summed E-state index contributed by atoms with van der Waals surface area (Å²) in [6.07, 6.45) is 1.53. The fourth-order valence-electron chi connectivity index (χ4n) is 1.58. The highest BCUT2D eigenvalue weighted by Crippen LogP contribution is 2.17. The van der Waals surface area contributed by atoms with Crippen molar-refractivity contribution < 1.29 is 4.74 Å². The second-order valence-corrected chi connectivity index (χ2v) is 3.93. The summed E-state index contributed by atoms with van der Waals surface area (Å²) in [5, 5.41) is 9.05. The lowest BCUT2D eigenvalue weighted by Gasteiger charge is -2.08. The SMILES string of the molecule is COc1cccc(-n2ccc(Cl)c(C#N)c2=O)c1. The first-order chi connectivity index (χ1) is 8.67. The molecule has 1 aromatic carbocycles. The minimum absolute atomic E-state index is 0.0676. The van der Waals surface area contributed by atoms with Gasteiger partial charge in [-0.25, -0.2) is 0 Å². The maximum atomic E-state index is 12.0. The minimum atomic E-state index is -0.446. The molecule has 0 spiro atoms. The highest BCUT2D eigenvalue weighted by molar-refractivity contribution is 6.31. The van der Waals surface area contributed by atoms with Gasteiger partial charge in [-0.15, -0.1) is 0 Å². The largest absolute Gasteiger partial charge is 0.497 e. The van der Waals surface area contributed by atoms with Gasteiger partial charge < -0.3 is 4.74 Å². The molecule has 18 heavy (non-hydrogen) atoms. The van der Waals surface area contributed by atoms with Gasteiger partial charge in [0.05, 0.1) is 17.8 Å². The molecule has 0 N–H and O–H groups in total. The molecule has 2 rings (SSSR count). The van der Waals surface area contributed by atoms with Crippen molar-refractivity contribution in [1.29, 1.82) is 5.26 Å². The fourth-order valence-corrected chi connectivity index (χ4v) is 1.76. The van der Waals surface area contributed by atoms with Crippen LogP contribution in [0.1, 0.15) is 5.56 Å². The second kappa shape index (κ2) is 4.94. The van der Waals surface area contributed by atoms with Crippen LogP contribution >= 0.6 is 11.6 Å². The molecule has 4 nitrogen and oxygen atoms in total. The molecule has 0 unspecified atom stereocenters. The quantitative estimate of drug-likeness (QED) is 0.833. The maximum Gasteiger partial charge on any atom is 0.274 e. The van der Waals surface area contributed by atoms with E-state index in [1.807, 2.05) is 0 Å². The summed E-state index contributed by atoms with van der Waals surface area (Å²) >= 11 is 5.79. The van der Waals surface area contributed by atoms with E-state index in [0.717, 1.165) is 0 Å². The van der Waals surface area contributed by atoms with Gasteiger partial charge in [-0.1, -0.05) is 17.7 Å². The Morgan fingerprint density at radius 2 is 2.17 bits per heavy atom. The van der Waals surface area contributed by atoms with E-state index in [1.165, 1.54) is 16.8 Å². The number of hydrogen-bond acceptors (Lipinski definition) is 3. The number of methoxy groups -OCH3 is 1. The highest BCUT2D eigenvalue weighted by atomic mass is 35.5. The van der Waals surface area contributed by atoms with E-state index in [1.54, 1.807) is 37.4 Å². The molecule has 0 aliphatic carbocycles. The van der Waals surface area contributed by atoms with Gasteiger partial charge in [0.2, 0.25) is 0 Å². The van der Waals surface area contributed by atoms with Crippen molar-refractivity contribution in [2.45, 2.75) is 0 Å². The van der Waals surface area contributed by atoms with Crippen LogP contribution in [0, 0.1) is 11.3 Å². The number of nitriles is 1. The molecular weight excluding hydrogens is 252 g/mol. The zero-order chi connectivity index (χ0) is 13.1. The van der Waals surface area contributed by atoms with Crippen LogP contribution in [-0.2, 0) is 0 Å². The second-order valence-electron chi connectivity index (χ2n) is 3.53. The summed E-state index contributed by atoms with van der Waals surface area (Å²) in [4.78, 5) is 12.0. The third kappa shape index (κ3) is 2.08. The molecule has 90 valence electrons. The predicted octanol–water partition coefficient (Wildman–Crippen LogP) is 2.37. The molecule has 0 aliphatic heterocycles. The van der Waals surface area contributed by atoms with Gasteiger partial charge in [0.15, 0.2) is 0 Å². The van der Waals surface area contributed by atoms with Crippen LogP contribution in [0.5, 0.6) is 5.75 Å². The van der Waals surface area contributed by atoms with E-state index < -0.39 is 5.56 Å². The molecule has 0 fully saturated rings. The monoisotopic (exact) mass is 260 g/mol. The molecule has 1 heterocycles. The van der Waals surface area contributed by atoms with Crippen LogP contribution in [-0.4, -0.2) is 11.7 Å². The topological polar surface area (TPSA) is 55.0 Å². The summed E-state index contributed by atoms with van der Waals surface area (Å²) < 4.78 is 6.44. The van der Waals surface area contributed by atoms with Gasteiger partial charge in [-0.3, -0.25) is 9.36 Å². The van der Waals surface area contributed by atoms with Gasteiger partial charge in [0, 0.05) is 12.3 Å². The van der Waals surface area contributed by atoms with E-state index in [4.69, 9.17) is 21.6 Å². The molecule has 0 saturated heterocycles. The van der Waals surface area contributed by atoms with Crippen molar-refractivity contribution in [2.75, 3.05) is 7.11 Å². The minimum Gasteiger partial charge on any atom is -0.497 e. The number of benzene rings is 1. The Labute approximate surface area is 109 Å². The molecular formula is C13H9ClN2O2. The van der Waals surface area contributed by atoms with Crippen molar-refractivity contribution in [2.24, 2.45) is 0 Å². The first-order valence-electron chi connectivity index (χ1n) is 5.13. The van der Waals surface area contributed by atoms with E-state index in [0.29, 0.717) is 11.4 Å². The van der Waals surface area contributed by atoms with E-state index in [-0.39, 0.29) is 10.6 Å². The van der Waals surface area contributed by atoms with Gasteiger partial charge in [-0.05, 0) is 18.2 Å². The fraction of sp³-hybridized carbons (Fsp3) is 0.0769. The van der Waals surface area contributed by atoms with Crippen LogP contribution < -0.4 is 10.3 Å². The smallest absolute Gasteiger partial charge is 0.274 e. The van der Waals surface area contributed by atoms with Crippen LogP contribution in [0.15, 0.2) is 41.3 Å². The molecule has 0 amide bonds. The summed E-state index contributed by atoms with van der Waals surface area (Å²) in [6, 6.07) is 10.3. The normalized spacial score (nSPS) is 9.83. The average Bonchev–Trinajstić information content (AvgIpc) is 2.39. The molecule has 0 atom stereocenters. The Morgan fingerprint density at radius 1 is 1.39 bits per heavy atom. The van der Waals surface area contributed by atoms with Crippen LogP contribution in [0.2, 0.25) is 5.02 Å². The first kappa shape index (κ1) is 12.2. The van der Waals surface area contributed by atoms with Gasteiger partial charge in [-0.2, -0.15) is 5.26 Å². The van der Waals surface area contributed by atoms with E-state index in [9.17, 15) is 4.79 Å². The van der Waals surface area contributed by atoms with Crippen LogP contribution in [0.3, 0.4) is 0 Å². The van der Waals surface area contributed by atoms with Crippen molar-refractivity contribution in [1.82, 2.24) is 4.57 Å². The number of hydrogen-bond donors (Lipinski definition) is 0. The number of halogens is 1. The zero-order valence-electron chi connectivity index (χ0n) is 9.55. The molecule has 0 aliphatic rings. The lowest BCUT2D eigenvalue weighted by atomic mass is 10.2. The summed E-state index contributed by atoms with van der Waals surface area (Å²) in [6.45, 7) is 0. The Bertz CT molecular complexity index is 686. The third-order valence-electron chi connectivity index (χ3n) is 2.48. The van der Waals surface area contributed by atoms with Gasteiger partial charge in [0.1, 0.15) is 17.4 Å². The highest BCUT2D eigenvalue weighted by Gasteiger charge is 2.09. The van der Waals surface area contributed by atoms with Crippen LogP contribution in [0.25, 0.3) is 5.69 Å². The molecule has 0 saturated carbocycles. The maximum absolute atomic E-state index is 12.0. The molecule has 0 radical (unpaired) electrons. The molecule has 5 heteroatoms.